The van der Waals surface area contributed by atoms with E-state index in [0.717, 1.165) is 5.92 Å². The molecule has 0 spiro atoms. The van der Waals surface area contributed by atoms with Gasteiger partial charge in [-0.25, -0.2) is 4.58 Å². The van der Waals surface area contributed by atoms with Crippen LogP contribution in [-0.4, -0.2) is 27.2 Å². The third-order valence-electron chi connectivity index (χ3n) is 4.30. The minimum Gasteiger partial charge on any atom is -0.231 e. The van der Waals surface area contributed by atoms with Crippen molar-refractivity contribution in [2.75, 3.05) is 0 Å². The Balaban J connectivity index is 2.38. The predicted octanol–water partition coefficient (Wildman–Crippen LogP) is 3.84. The van der Waals surface area contributed by atoms with E-state index >= 15 is 0 Å². The zero-order chi connectivity index (χ0) is 12.1. The Hall–Kier alpha value is 0.150. The Kier molecular flexibility index (Phi) is 3.02. The third-order valence-corrected chi connectivity index (χ3v) is 5.30. The van der Waals surface area contributed by atoms with Gasteiger partial charge in [-0.15, -0.1) is 0 Å². The van der Waals surface area contributed by atoms with Crippen molar-refractivity contribution in [1.82, 2.24) is 0 Å². The molecule has 0 saturated heterocycles. The fourth-order valence-electron chi connectivity index (χ4n) is 3.49. The summed E-state index contributed by atoms with van der Waals surface area (Å²) in [6.45, 7) is 11.8. The molecule has 0 aromatic rings. The molecule has 2 heteroatoms. The molecule has 1 saturated carbocycles. The van der Waals surface area contributed by atoms with Crippen molar-refractivity contribution in [3.8, 4) is 0 Å². The van der Waals surface area contributed by atoms with E-state index in [-0.39, 0.29) is 5.54 Å². The van der Waals surface area contributed by atoms with Crippen LogP contribution in [0.2, 0.25) is 0 Å². The van der Waals surface area contributed by atoms with Gasteiger partial charge >= 0.3 is 0 Å². The van der Waals surface area contributed by atoms with Gasteiger partial charge in [0.2, 0.25) is 0 Å². The van der Waals surface area contributed by atoms with Crippen molar-refractivity contribution in [2.24, 2.45) is 11.3 Å². The SMILES string of the molecule is CC1(C)C=[N+](C(C)(C)C)C2C(Br)CCCC21. The second-order valence-corrected chi connectivity index (χ2v) is 8.25. The Bertz CT molecular complexity index is 311. The Morgan fingerprint density at radius 3 is 2.44 bits per heavy atom. The number of rotatable bonds is 0. The average molecular weight is 287 g/mol. The molecule has 3 atom stereocenters. The van der Waals surface area contributed by atoms with Crippen LogP contribution in [-0.2, 0) is 0 Å². The van der Waals surface area contributed by atoms with E-state index < -0.39 is 0 Å². The summed E-state index contributed by atoms with van der Waals surface area (Å²) in [6.07, 6.45) is 6.61. The van der Waals surface area contributed by atoms with Crippen molar-refractivity contribution in [3.05, 3.63) is 0 Å². The molecule has 1 aliphatic carbocycles. The van der Waals surface area contributed by atoms with Crippen LogP contribution >= 0.6 is 15.9 Å². The minimum absolute atomic E-state index is 0.250. The molecule has 16 heavy (non-hydrogen) atoms. The smallest absolute Gasteiger partial charge is 0.169 e. The van der Waals surface area contributed by atoms with Gasteiger partial charge in [-0.05, 0) is 33.6 Å². The maximum absolute atomic E-state index is 3.92. The highest BCUT2D eigenvalue weighted by atomic mass is 79.9. The molecule has 1 nitrogen and oxygen atoms in total. The molecule has 0 amide bonds. The normalized spacial score (nSPS) is 38.1. The van der Waals surface area contributed by atoms with E-state index in [1.807, 2.05) is 0 Å². The van der Waals surface area contributed by atoms with Crippen molar-refractivity contribution < 1.29 is 4.58 Å². The van der Waals surface area contributed by atoms with Crippen LogP contribution in [0.25, 0.3) is 0 Å². The second kappa shape index (κ2) is 3.83. The second-order valence-electron chi connectivity index (χ2n) is 7.07. The number of nitrogens with zero attached hydrogens (tertiary/aromatic N) is 1. The average Bonchev–Trinajstić information content (AvgIpc) is 2.39. The molecular weight excluding hydrogens is 262 g/mol. The van der Waals surface area contributed by atoms with Gasteiger partial charge in [0.05, 0.1) is 10.2 Å². The van der Waals surface area contributed by atoms with Crippen LogP contribution in [0.4, 0.5) is 0 Å². The number of hydrogen-bond donors (Lipinski definition) is 0. The molecule has 3 unspecified atom stereocenters. The van der Waals surface area contributed by atoms with E-state index in [0.29, 0.717) is 16.3 Å². The lowest BCUT2D eigenvalue weighted by atomic mass is 9.71. The molecule has 0 bridgehead atoms. The van der Waals surface area contributed by atoms with Gasteiger partial charge in [-0.1, -0.05) is 36.2 Å². The monoisotopic (exact) mass is 286 g/mol. The molecule has 1 aliphatic heterocycles. The van der Waals surface area contributed by atoms with Crippen molar-refractivity contribution >= 4 is 22.1 Å². The number of alkyl halides is 1. The fourth-order valence-corrected chi connectivity index (χ4v) is 4.43. The molecular formula is C14H25BrN+. The van der Waals surface area contributed by atoms with Crippen molar-refractivity contribution in [3.63, 3.8) is 0 Å². The Morgan fingerprint density at radius 1 is 1.25 bits per heavy atom. The van der Waals surface area contributed by atoms with Crippen LogP contribution in [0, 0.1) is 11.3 Å². The molecule has 2 aliphatic rings. The molecule has 2 rings (SSSR count). The summed E-state index contributed by atoms with van der Waals surface area (Å²) < 4.78 is 2.62. The van der Waals surface area contributed by atoms with Crippen LogP contribution < -0.4 is 0 Å². The summed E-state index contributed by atoms with van der Waals surface area (Å²) in [5.74, 6) is 0.824. The van der Waals surface area contributed by atoms with Crippen LogP contribution in [0.5, 0.6) is 0 Å². The zero-order valence-electron chi connectivity index (χ0n) is 11.3. The largest absolute Gasteiger partial charge is 0.231 e. The lowest BCUT2D eigenvalue weighted by Gasteiger charge is -2.35. The van der Waals surface area contributed by atoms with Gasteiger partial charge in [0.15, 0.2) is 11.6 Å². The first-order chi connectivity index (χ1) is 7.23. The Morgan fingerprint density at radius 2 is 1.88 bits per heavy atom. The summed E-state index contributed by atoms with van der Waals surface area (Å²) in [4.78, 5) is 0.670. The first-order valence-electron chi connectivity index (χ1n) is 6.52. The minimum atomic E-state index is 0.250. The zero-order valence-corrected chi connectivity index (χ0v) is 12.8. The van der Waals surface area contributed by atoms with Gasteiger partial charge in [0, 0.05) is 5.92 Å². The number of fused-ring (bicyclic) bond motifs is 1. The lowest BCUT2D eigenvalue weighted by Crippen LogP contribution is -2.47. The topological polar surface area (TPSA) is 3.01 Å². The first kappa shape index (κ1) is 12.6. The molecule has 0 aromatic carbocycles. The van der Waals surface area contributed by atoms with Gasteiger partial charge in [0.25, 0.3) is 0 Å². The summed E-state index contributed by atoms with van der Waals surface area (Å²) in [6, 6.07) is 0.698. The predicted molar refractivity (Wildman–Crippen MR) is 73.7 cm³/mol. The first-order valence-corrected chi connectivity index (χ1v) is 7.43. The molecule has 92 valence electrons. The van der Waals surface area contributed by atoms with E-state index in [1.54, 1.807) is 0 Å². The number of hydrogen-bond acceptors (Lipinski definition) is 0. The van der Waals surface area contributed by atoms with Crippen LogP contribution in [0.15, 0.2) is 0 Å². The lowest BCUT2D eigenvalue weighted by molar-refractivity contribution is -0.625. The van der Waals surface area contributed by atoms with Gasteiger partial charge in [0.1, 0.15) is 6.21 Å². The Labute approximate surface area is 108 Å². The molecule has 0 N–H and O–H groups in total. The quantitative estimate of drug-likeness (QED) is 0.470. The van der Waals surface area contributed by atoms with Crippen LogP contribution in [0.1, 0.15) is 53.9 Å². The summed E-state index contributed by atoms with van der Waals surface area (Å²) in [7, 11) is 0. The van der Waals surface area contributed by atoms with Gasteiger partial charge < -0.3 is 0 Å². The van der Waals surface area contributed by atoms with Gasteiger partial charge in [-0.3, -0.25) is 0 Å². The van der Waals surface area contributed by atoms with Gasteiger partial charge in [-0.2, -0.15) is 0 Å². The van der Waals surface area contributed by atoms with E-state index in [4.69, 9.17) is 0 Å². The molecule has 0 radical (unpaired) electrons. The highest BCUT2D eigenvalue weighted by Crippen LogP contribution is 2.46. The van der Waals surface area contributed by atoms with E-state index in [2.05, 4.69) is 61.3 Å². The highest BCUT2D eigenvalue weighted by Gasteiger charge is 2.55. The summed E-state index contributed by atoms with van der Waals surface area (Å²) >= 11 is 3.92. The third kappa shape index (κ3) is 1.98. The maximum atomic E-state index is 3.92. The highest BCUT2D eigenvalue weighted by molar-refractivity contribution is 9.09. The van der Waals surface area contributed by atoms with E-state index in [9.17, 15) is 0 Å². The molecule has 1 heterocycles. The standard InChI is InChI=1S/C14H25BrN/c1-13(2,3)16-9-14(4,5)10-7-6-8-11(15)12(10)16/h9-12H,6-8H2,1-5H3/q+1. The van der Waals surface area contributed by atoms with Crippen LogP contribution in [0.3, 0.4) is 0 Å². The maximum Gasteiger partial charge on any atom is 0.169 e. The molecule has 1 fully saturated rings. The summed E-state index contributed by atoms with van der Waals surface area (Å²) in [5.41, 5.74) is 0.616. The van der Waals surface area contributed by atoms with E-state index in [1.165, 1.54) is 19.3 Å². The number of halogens is 1. The summed E-state index contributed by atoms with van der Waals surface area (Å²) in [5, 5.41) is 0. The van der Waals surface area contributed by atoms with Crippen molar-refractivity contribution in [2.45, 2.75) is 70.3 Å². The fraction of sp³-hybridized carbons (Fsp3) is 0.929. The molecule has 0 aromatic heterocycles. The van der Waals surface area contributed by atoms with Crippen molar-refractivity contribution in [1.29, 1.82) is 0 Å².